The number of nitrogens with one attached hydrogen (secondary N) is 1. The molecule has 1 saturated heterocycles. The van der Waals surface area contributed by atoms with Gasteiger partial charge in [-0.25, -0.2) is 4.79 Å². The average Bonchev–Trinajstić information content (AvgIpc) is 2.25. The minimum atomic E-state index is -0.163. The van der Waals surface area contributed by atoms with Gasteiger partial charge in [0, 0.05) is 19.1 Å². The Morgan fingerprint density at radius 1 is 1.47 bits per heavy atom. The average molecular weight is 242 g/mol. The van der Waals surface area contributed by atoms with Crippen LogP contribution in [0.5, 0.6) is 0 Å². The van der Waals surface area contributed by atoms with Gasteiger partial charge in [0.25, 0.3) is 0 Å². The van der Waals surface area contributed by atoms with Crippen LogP contribution in [0.4, 0.5) is 4.79 Å². The fourth-order valence-electron chi connectivity index (χ4n) is 1.95. The number of amides is 1. The molecule has 0 spiro atoms. The fraction of sp³-hybridized carbons (Fsp3) is 0.923. The topological polar surface area (TPSA) is 41.6 Å². The van der Waals surface area contributed by atoms with Crippen LogP contribution in [0, 0.1) is 5.41 Å². The summed E-state index contributed by atoms with van der Waals surface area (Å²) in [5, 5.41) is 3.53. The third kappa shape index (κ3) is 4.54. The van der Waals surface area contributed by atoms with Gasteiger partial charge in [0.15, 0.2) is 0 Å². The zero-order valence-corrected chi connectivity index (χ0v) is 11.6. The SMILES string of the molecule is CCCN[C@H](CN1CCCOC1=O)C(C)(C)C. The first-order chi connectivity index (χ1) is 7.95. The van der Waals surface area contributed by atoms with Crippen LogP contribution < -0.4 is 5.32 Å². The summed E-state index contributed by atoms with van der Waals surface area (Å²) in [5.74, 6) is 0. The Morgan fingerprint density at radius 3 is 2.71 bits per heavy atom. The van der Waals surface area contributed by atoms with Crippen LogP contribution in [0.25, 0.3) is 0 Å². The van der Waals surface area contributed by atoms with Crippen molar-refractivity contribution >= 4 is 6.09 Å². The molecule has 0 aromatic rings. The Labute approximate surface area is 105 Å². The Kier molecular flexibility index (Phi) is 5.25. The molecule has 1 rings (SSSR count). The maximum absolute atomic E-state index is 11.6. The number of hydrogen-bond acceptors (Lipinski definition) is 3. The van der Waals surface area contributed by atoms with Gasteiger partial charge < -0.3 is 15.0 Å². The van der Waals surface area contributed by atoms with Crippen LogP contribution in [0.1, 0.15) is 40.5 Å². The number of ether oxygens (including phenoxy) is 1. The van der Waals surface area contributed by atoms with Crippen molar-refractivity contribution in [2.75, 3.05) is 26.2 Å². The zero-order chi connectivity index (χ0) is 12.9. The molecular formula is C13H26N2O2. The molecule has 100 valence electrons. The van der Waals surface area contributed by atoms with E-state index in [0.717, 1.165) is 32.5 Å². The lowest BCUT2D eigenvalue weighted by atomic mass is 9.86. The van der Waals surface area contributed by atoms with Crippen LogP contribution in [0.2, 0.25) is 0 Å². The Morgan fingerprint density at radius 2 is 2.18 bits per heavy atom. The fourth-order valence-corrected chi connectivity index (χ4v) is 1.95. The largest absolute Gasteiger partial charge is 0.449 e. The zero-order valence-electron chi connectivity index (χ0n) is 11.6. The minimum Gasteiger partial charge on any atom is -0.449 e. The minimum absolute atomic E-state index is 0.146. The lowest BCUT2D eigenvalue weighted by molar-refractivity contribution is 0.0614. The molecule has 0 aliphatic carbocycles. The maximum Gasteiger partial charge on any atom is 0.409 e. The van der Waals surface area contributed by atoms with Crippen molar-refractivity contribution in [3.63, 3.8) is 0 Å². The van der Waals surface area contributed by atoms with E-state index in [4.69, 9.17) is 4.74 Å². The summed E-state index contributed by atoms with van der Waals surface area (Å²) in [6, 6.07) is 0.313. The molecular weight excluding hydrogens is 216 g/mol. The highest BCUT2D eigenvalue weighted by Crippen LogP contribution is 2.21. The standard InChI is InChI=1S/C13H26N2O2/c1-5-7-14-11(13(2,3)4)10-15-8-6-9-17-12(15)16/h11,14H,5-10H2,1-4H3/t11-/m1/s1. The van der Waals surface area contributed by atoms with E-state index in [0.29, 0.717) is 12.6 Å². The third-order valence-corrected chi connectivity index (χ3v) is 3.15. The molecule has 1 heterocycles. The van der Waals surface area contributed by atoms with Gasteiger partial charge in [-0.15, -0.1) is 0 Å². The molecule has 0 aromatic carbocycles. The number of carbonyl (C=O) groups is 1. The number of carbonyl (C=O) groups excluding carboxylic acids is 1. The second-order valence-corrected chi connectivity index (χ2v) is 5.79. The number of hydrogen-bond donors (Lipinski definition) is 1. The monoisotopic (exact) mass is 242 g/mol. The van der Waals surface area contributed by atoms with Crippen molar-refractivity contribution in [1.29, 1.82) is 0 Å². The first kappa shape index (κ1) is 14.3. The van der Waals surface area contributed by atoms with E-state index in [2.05, 4.69) is 33.0 Å². The highest BCUT2D eigenvalue weighted by molar-refractivity contribution is 5.68. The number of cyclic esters (lactones) is 1. The summed E-state index contributed by atoms with van der Waals surface area (Å²) >= 11 is 0. The van der Waals surface area contributed by atoms with Crippen molar-refractivity contribution in [2.45, 2.75) is 46.6 Å². The third-order valence-electron chi connectivity index (χ3n) is 3.15. The van der Waals surface area contributed by atoms with E-state index in [1.165, 1.54) is 0 Å². The predicted molar refractivity (Wildman–Crippen MR) is 69.1 cm³/mol. The van der Waals surface area contributed by atoms with E-state index in [9.17, 15) is 4.79 Å². The van der Waals surface area contributed by atoms with Crippen molar-refractivity contribution in [2.24, 2.45) is 5.41 Å². The molecule has 4 nitrogen and oxygen atoms in total. The van der Waals surface area contributed by atoms with Gasteiger partial charge in [-0.3, -0.25) is 0 Å². The lowest BCUT2D eigenvalue weighted by Crippen LogP contribution is -2.51. The van der Waals surface area contributed by atoms with Crippen molar-refractivity contribution in [3.8, 4) is 0 Å². The molecule has 1 N–H and O–H groups in total. The van der Waals surface area contributed by atoms with Gasteiger partial charge in [0.2, 0.25) is 0 Å². The van der Waals surface area contributed by atoms with Crippen molar-refractivity contribution < 1.29 is 9.53 Å². The van der Waals surface area contributed by atoms with Gasteiger partial charge in [0.1, 0.15) is 0 Å². The smallest absolute Gasteiger partial charge is 0.409 e. The maximum atomic E-state index is 11.6. The summed E-state index contributed by atoms with van der Waals surface area (Å²) in [4.78, 5) is 13.4. The molecule has 1 fully saturated rings. The Balaban J connectivity index is 2.55. The molecule has 0 radical (unpaired) electrons. The van der Waals surface area contributed by atoms with Gasteiger partial charge in [0.05, 0.1) is 6.61 Å². The molecule has 1 aliphatic rings. The predicted octanol–water partition coefficient (Wildman–Crippen LogP) is 2.24. The lowest BCUT2D eigenvalue weighted by Gasteiger charge is -2.37. The van der Waals surface area contributed by atoms with Gasteiger partial charge in [-0.05, 0) is 24.8 Å². The van der Waals surface area contributed by atoms with Crippen LogP contribution >= 0.6 is 0 Å². The summed E-state index contributed by atoms with van der Waals surface area (Å²) in [5.41, 5.74) is 0.146. The quantitative estimate of drug-likeness (QED) is 0.804. The van der Waals surface area contributed by atoms with Crippen molar-refractivity contribution in [1.82, 2.24) is 10.2 Å². The molecule has 0 unspecified atom stereocenters. The summed E-state index contributed by atoms with van der Waals surface area (Å²) in [6.07, 6.45) is 1.89. The van der Waals surface area contributed by atoms with E-state index < -0.39 is 0 Å². The number of rotatable bonds is 5. The second-order valence-electron chi connectivity index (χ2n) is 5.79. The molecule has 0 aromatic heterocycles. The van der Waals surface area contributed by atoms with E-state index in [1.807, 2.05) is 4.90 Å². The molecule has 4 heteroatoms. The van der Waals surface area contributed by atoms with E-state index >= 15 is 0 Å². The van der Waals surface area contributed by atoms with Crippen LogP contribution in [0.15, 0.2) is 0 Å². The van der Waals surface area contributed by atoms with E-state index in [1.54, 1.807) is 0 Å². The second kappa shape index (κ2) is 6.24. The Hall–Kier alpha value is -0.770. The van der Waals surface area contributed by atoms with Crippen LogP contribution in [-0.4, -0.2) is 43.3 Å². The Bertz CT molecular complexity index is 248. The first-order valence-corrected chi connectivity index (χ1v) is 6.60. The number of nitrogens with zero attached hydrogens (tertiary/aromatic N) is 1. The molecule has 0 bridgehead atoms. The first-order valence-electron chi connectivity index (χ1n) is 6.60. The van der Waals surface area contributed by atoms with Gasteiger partial charge in [-0.2, -0.15) is 0 Å². The molecule has 17 heavy (non-hydrogen) atoms. The van der Waals surface area contributed by atoms with Gasteiger partial charge >= 0.3 is 6.09 Å². The summed E-state index contributed by atoms with van der Waals surface area (Å²) < 4.78 is 5.07. The normalized spacial score (nSPS) is 19.1. The van der Waals surface area contributed by atoms with E-state index in [-0.39, 0.29) is 11.5 Å². The molecule has 1 amide bonds. The van der Waals surface area contributed by atoms with Crippen LogP contribution in [-0.2, 0) is 4.74 Å². The molecule has 1 aliphatic heterocycles. The highest BCUT2D eigenvalue weighted by atomic mass is 16.6. The van der Waals surface area contributed by atoms with Crippen molar-refractivity contribution in [3.05, 3.63) is 0 Å². The molecule has 1 atom stereocenters. The summed E-state index contributed by atoms with van der Waals surface area (Å²) in [7, 11) is 0. The van der Waals surface area contributed by atoms with Crippen LogP contribution in [0.3, 0.4) is 0 Å². The van der Waals surface area contributed by atoms with Gasteiger partial charge in [-0.1, -0.05) is 27.7 Å². The highest BCUT2D eigenvalue weighted by Gasteiger charge is 2.29. The summed E-state index contributed by atoms with van der Waals surface area (Å²) in [6.45, 7) is 11.9. The molecule has 0 saturated carbocycles.